The maximum absolute atomic E-state index is 12.4. The molecule has 3 amide bonds. The molecule has 140 valence electrons. The minimum Gasteiger partial charge on any atom is -0.341 e. The third-order valence-corrected chi connectivity index (χ3v) is 6.05. The molecule has 2 atom stereocenters. The van der Waals surface area contributed by atoms with E-state index in [-0.39, 0.29) is 42.5 Å². The number of rotatable bonds is 5. The number of halogens is 2. The zero-order valence-corrected chi connectivity index (χ0v) is 16.2. The molecule has 0 aromatic heterocycles. The second-order valence-electron chi connectivity index (χ2n) is 7.07. The maximum atomic E-state index is 12.4. The van der Waals surface area contributed by atoms with Gasteiger partial charge in [0.15, 0.2) is 0 Å². The van der Waals surface area contributed by atoms with Crippen molar-refractivity contribution >= 4 is 40.9 Å². The van der Waals surface area contributed by atoms with Gasteiger partial charge in [0.1, 0.15) is 0 Å². The van der Waals surface area contributed by atoms with E-state index in [1.165, 1.54) is 4.90 Å². The molecule has 0 spiro atoms. The molecular weight excluding hydrogens is 375 g/mol. The van der Waals surface area contributed by atoms with Crippen LogP contribution in [0.4, 0.5) is 0 Å². The van der Waals surface area contributed by atoms with Crippen LogP contribution in [0, 0.1) is 11.8 Å². The number of hydrogen-bond donors (Lipinski definition) is 0. The van der Waals surface area contributed by atoms with Crippen LogP contribution in [0.3, 0.4) is 0 Å². The lowest BCUT2D eigenvalue weighted by atomic mass is 9.81. The number of nitrogens with zero attached hydrogens (tertiary/aromatic N) is 2. The number of carbonyl (C=O) groups is 3. The molecule has 1 aromatic carbocycles. The van der Waals surface area contributed by atoms with Gasteiger partial charge in [0, 0.05) is 26.6 Å². The Morgan fingerprint density at radius 2 is 1.73 bits per heavy atom. The molecule has 0 bridgehead atoms. The molecule has 1 aliphatic heterocycles. The average Bonchev–Trinajstić information content (AvgIpc) is 2.87. The molecule has 2 aliphatic rings. The van der Waals surface area contributed by atoms with Crippen LogP contribution in [-0.2, 0) is 20.9 Å². The SMILES string of the molecule is CN(Cc1ccc(Cl)c(Cl)c1)C(=O)CCN1C(=O)[C@H]2CCCC[C@@H]2C1=O. The van der Waals surface area contributed by atoms with Gasteiger partial charge in [-0.25, -0.2) is 0 Å². The van der Waals surface area contributed by atoms with Crippen molar-refractivity contribution in [2.24, 2.45) is 11.8 Å². The van der Waals surface area contributed by atoms with E-state index < -0.39 is 0 Å². The first-order chi connectivity index (χ1) is 12.4. The van der Waals surface area contributed by atoms with Crippen LogP contribution in [0.5, 0.6) is 0 Å². The second-order valence-corrected chi connectivity index (χ2v) is 7.89. The molecular formula is C19H22Cl2N2O3. The van der Waals surface area contributed by atoms with Crippen molar-refractivity contribution in [3.8, 4) is 0 Å². The summed E-state index contributed by atoms with van der Waals surface area (Å²) in [5.74, 6) is -0.647. The van der Waals surface area contributed by atoms with Crippen molar-refractivity contribution < 1.29 is 14.4 Å². The summed E-state index contributed by atoms with van der Waals surface area (Å²) in [6, 6.07) is 5.24. The van der Waals surface area contributed by atoms with Gasteiger partial charge in [0.25, 0.3) is 0 Å². The molecule has 2 fully saturated rings. The van der Waals surface area contributed by atoms with Crippen LogP contribution >= 0.6 is 23.2 Å². The molecule has 5 nitrogen and oxygen atoms in total. The smallest absolute Gasteiger partial charge is 0.233 e. The Hall–Kier alpha value is -1.59. The first-order valence-corrected chi connectivity index (χ1v) is 9.67. The number of imide groups is 1. The van der Waals surface area contributed by atoms with Crippen LogP contribution in [0.25, 0.3) is 0 Å². The number of carbonyl (C=O) groups excluding carboxylic acids is 3. The first kappa shape index (κ1) is 19.2. The Balaban J connectivity index is 1.55. The largest absolute Gasteiger partial charge is 0.341 e. The van der Waals surface area contributed by atoms with E-state index >= 15 is 0 Å². The molecule has 7 heteroatoms. The molecule has 0 N–H and O–H groups in total. The Morgan fingerprint density at radius 1 is 1.12 bits per heavy atom. The summed E-state index contributed by atoms with van der Waals surface area (Å²) in [4.78, 5) is 40.2. The van der Waals surface area contributed by atoms with Crippen molar-refractivity contribution in [1.29, 1.82) is 0 Å². The summed E-state index contributed by atoms with van der Waals surface area (Å²) < 4.78 is 0. The van der Waals surface area contributed by atoms with Crippen molar-refractivity contribution in [1.82, 2.24) is 9.80 Å². The maximum Gasteiger partial charge on any atom is 0.233 e. The highest BCUT2D eigenvalue weighted by Gasteiger charge is 2.47. The monoisotopic (exact) mass is 396 g/mol. The fourth-order valence-corrected chi connectivity index (χ4v) is 4.17. The van der Waals surface area contributed by atoms with Crippen molar-refractivity contribution in [3.05, 3.63) is 33.8 Å². The van der Waals surface area contributed by atoms with Crippen molar-refractivity contribution in [2.75, 3.05) is 13.6 Å². The molecule has 26 heavy (non-hydrogen) atoms. The molecule has 0 radical (unpaired) electrons. The van der Waals surface area contributed by atoms with Gasteiger partial charge in [-0.1, -0.05) is 42.1 Å². The van der Waals surface area contributed by atoms with Crippen molar-refractivity contribution in [3.63, 3.8) is 0 Å². The standard InChI is InChI=1S/C19H22Cl2N2O3/c1-22(11-12-6-7-15(20)16(21)10-12)17(24)8-9-23-18(25)13-4-2-3-5-14(13)19(23)26/h6-7,10,13-14H,2-5,8-9,11H2,1H3/t13-,14-/m0/s1. The van der Waals surface area contributed by atoms with E-state index in [9.17, 15) is 14.4 Å². The first-order valence-electron chi connectivity index (χ1n) is 8.91. The Morgan fingerprint density at radius 3 is 2.31 bits per heavy atom. The summed E-state index contributed by atoms with van der Waals surface area (Å²) in [6.07, 6.45) is 3.71. The quantitative estimate of drug-likeness (QED) is 0.715. The van der Waals surface area contributed by atoms with Gasteiger partial charge >= 0.3 is 0 Å². The van der Waals surface area contributed by atoms with Crippen LogP contribution in [-0.4, -0.2) is 41.1 Å². The van der Waals surface area contributed by atoms with Crippen LogP contribution in [0.15, 0.2) is 18.2 Å². The topological polar surface area (TPSA) is 57.7 Å². The molecule has 3 rings (SSSR count). The number of amides is 3. The number of benzene rings is 1. The van der Waals surface area contributed by atoms with E-state index in [0.29, 0.717) is 16.6 Å². The van der Waals surface area contributed by atoms with E-state index in [1.54, 1.807) is 24.1 Å². The molecule has 1 aromatic rings. The molecule has 1 aliphatic carbocycles. The van der Waals surface area contributed by atoms with Gasteiger partial charge in [0.05, 0.1) is 21.9 Å². The fourth-order valence-electron chi connectivity index (χ4n) is 3.85. The highest BCUT2D eigenvalue weighted by Crippen LogP contribution is 2.38. The van der Waals surface area contributed by atoms with Gasteiger partial charge < -0.3 is 4.90 Å². The van der Waals surface area contributed by atoms with Crippen molar-refractivity contribution in [2.45, 2.75) is 38.6 Å². The minimum atomic E-state index is -0.166. The molecule has 0 unspecified atom stereocenters. The normalized spacial score (nSPS) is 22.5. The Kier molecular flexibility index (Phi) is 5.88. The Labute approximate surface area is 163 Å². The predicted octanol–water partition coefficient (Wildman–Crippen LogP) is 3.52. The number of fused-ring (bicyclic) bond motifs is 1. The third-order valence-electron chi connectivity index (χ3n) is 5.31. The van der Waals surface area contributed by atoms with Crippen LogP contribution in [0.2, 0.25) is 10.0 Å². The van der Waals surface area contributed by atoms with Crippen LogP contribution < -0.4 is 0 Å². The molecule has 1 saturated carbocycles. The predicted molar refractivity (Wildman–Crippen MR) is 99.7 cm³/mol. The number of likely N-dealkylation sites (tertiary alicyclic amines) is 1. The summed E-state index contributed by atoms with van der Waals surface area (Å²) in [6.45, 7) is 0.554. The van der Waals surface area contributed by atoms with E-state index in [4.69, 9.17) is 23.2 Å². The zero-order valence-electron chi connectivity index (χ0n) is 14.7. The summed E-state index contributed by atoms with van der Waals surface area (Å²) in [5, 5.41) is 0.915. The van der Waals surface area contributed by atoms with Gasteiger partial charge in [-0.3, -0.25) is 19.3 Å². The lowest BCUT2D eigenvalue weighted by Gasteiger charge is -2.20. The molecule has 1 saturated heterocycles. The van der Waals surface area contributed by atoms with Gasteiger partial charge in [-0.15, -0.1) is 0 Å². The van der Waals surface area contributed by atoms with Gasteiger partial charge in [-0.05, 0) is 30.5 Å². The summed E-state index contributed by atoms with van der Waals surface area (Å²) in [7, 11) is 1.69. The average molecular weight is 397 g/mol. The van der Waals surface area contributed by atoms with Gasteiger partial charge in [0.2, 0.25) is 17.7 Å². The molecule has 1 heterocycles. The second kappa shape index (κ2) is 7.97. The number of hydrogen-bond acceptors (Lipinski definition) is 3. The minimum absolute atomic E-state index is 0.0976. The van der Waals surface area contributed by atoms with E-state index in [0.717, 1.165) is 31.2 Å². The third kappa shape index (κ3) is 3.89. The fraction of sp³-hybridized carbons (Fsp3) is 0.526. The highest BCUT2D eigenvalue weighted by atomic mass is 35.5. The lowest BCUT2D eigenvalue weighted by molar-refractivity contribution is -0.140. The van der Waals surface area contributed by atoms with Gasteiger partial charge in [-0.2, -0.15) is 0 Å². The van der Waals surface area contributed by atoms with E-state index in [1.807, 2.05) is 6.07 Å². The summed E-state index contributed by atoms with van der Waals surface area (Å²) in [5.41, 5.74) is 0.870. The van der Waals surface area contributed by atoms with Crippen LogP contribution in [0.1, 0.15) is 37.7 Å². The Bertz CT molecular complexity index is 713. The van der Waals surface area contributed by atoms with E-state index in [2.05, 4.69) is 0 Å². The summed E-state index contributed by atoms with van der Waals surface area (Å²) >= 11 is 11.9. The highest BCUT2D eigenvalue weighted by molar-refractivity contribution is 6.42. The lowest BCUT2D eigenvalue weighted by Crippen LogP contribution is -2.36. The zero-order chi connectivity index (χ0) is 18.8.